The number of hydrogen-bond acceptors (Lipinski definition) is 5. The fraction of sp³-hybridized carbons (Fsp3) is 0.857. The van der Waals surface area contributed by atoms with E-state index < -0.39 is 0 Å². The molecule has 2 unspecified atom stereocenters. The number of fused-ring (bicyclic) bond motifs is 4. The first kappa shape index (κ1) is 31.9. The fourth-order valence-electron chi connectivity index (χ4n) is 7.44. The number of aromatic nitrogens is 1. The first-order valence-electron chi connectivity index (χ1n) is 17.7. The minimum absolute atomic E-state index is 0.560. The van der Waals surface area contributed by atoms with Gasteiger partial charge in [-0.05, 0) is 56.2 Å². The van der Waals surface area contributed by atoms with E-state index in [-0.39, 0.29) is 0 Å². The van der Waals surface area contributed by atoms with Crippen molar-refractivity contribution in [3.05, 3.63) is 29.1 Å². The van der Waals surface area contributed by atoms with Crippen molar-refractivity contribution < 1.29 is 0 Å². The monoisotopic (exact) mass is 554 g/mol. The highest BCUT2D eigenvalue weighted by Crippen LogP contribution is 2.22. The van der Waals surface area contributed by atoms with Crippen LogP contribution in [0.25, 0.3) is 0 Å². The molecule has 1 aromatic rings. The van der Waals surface area contributed by atoms with Crippen LogP contribution in [-0.2, 0) is 19.5 Å². The Morgan fingerprint density at radius 3 is 1.40 bits per heavy atom. The summed E-state index contributed by atoms with van der Waals surface area (Å²) in [6, 6.07) is 7.11. The third kappa shape index (κ3) is 11.7. The number of nitrogens with zero attached hydrogens (tertiary/aromatic N) is 1. The summed E-state index contributed by atoms with van der Waals surface area (Å²) in [5.74, 6) is 0. The molecule has 1 aromatic heterocycles. The van der Waals surface area contributed by atoms with Gasteiger partial charge in [0.05, 0.1) is 11.4 Å². The molecular formula is C35H63N5. The van der Waals surface area contributed by atoms with Crippen LogP contribution in [0.3, 0.4) is 0 Å². The Balaban J connectivity index is 1.27. The zero-order chi connectivity index (χ0) is 27.7. The fourth-order valence-corrected chi connectivity index (χ4v) is 7.44. The van der Waals surface area contributed by atoms with Crippen LogP contribution in [0.4, 0.5) is 0 Å². The van der Waals surface area contributed by atoms with Gasteiger partial charge in [-0.15, -0.1) is 0 Å². The molecule has 0 spiro atoms. The molecule has 2 heterocycles. The number of rotatable bonds is 13. The SMILES string of the molecule is CCCCCCCCCCCCCCc1cc2nc(c1)CN[C@H]1CCCC[C@H]1NCCNC1CCCCC1NC2. The standard InChI is InChI=1S/C35H63N5/c1-2-3-4-5-6-7-8-9-10-11-12-13-18-29-25-30-27-38-34-21-16-14-19-32(34)36-23-24-37-33-20-15-17-22-35(33)39-28-31(26-29)40-30/h25-26,32-39H,2-24,27-28H2,1H3/t32-,33?,34+,35?/m1/s1. The lowest BCUT2D eigenvalue weighted by Crippen LogP contribution is -2.53. The van der Waals surface area contributed by atoms with E-state index >= 15 is 0 Å². The Morgan fingerprint density at radius 2 is 0.950 bits per heavy atom. The van der Waals surface area contributed by atoms with Crippen LogP contribution in [-0.4, -0.2) is 42.2 Å². The average Bonchev–Trinajstić information content (AvgIpc) is 2.98. The van der Waals surface area contributed by atoms with Crippen LogP contribution in [0.5, 0.6) is 0 Å². The molecule has 4 N–H and O–H groups in total. The van der Waals surface area contributed by atoms with E-state index in [1.165, 1.54) is 152 Å². The van der Waals surface area contributed by atoms with Crippen LogP contribution in [0.2, 0.25) is 0 Å². The van der Waals surface area contributed by atoms with Gasteiger partial charge in [-0.2, -0.15) is 0 Å². The normalized spacial score (nSPS) is 26.3. The van der Waals surface area contributed by atoms with Crippen LogP contribution < -0.4 is 21.3 Å². The minimum atomic E-state index is 0.560. The third-order valence-corrected chi connectivity index (χ3v) is 9.87. The zero-order valence-electron chi connectivity index (χ0n) is 26.1. The predicted molar refractivity (Wildman–Crippen MR) is 171 cm³/mol. The molecule has 0 aromatic carbocycles. The van der Waals surface area contributed by atoms with Crippen molar-refractivity contribution in [2.24, 2.45) is 0 Å². The maximum absolute atomic E-state index is 5.16. The van der Waals surface area contributed by atoms with Gasteiger partial charge in [0, 0.05) is 50.3 Å². The van der Waals surface area contributed by atoms with Gasteiger partial charge < -0.3 is 21.3 Å². The molecule has 0 radical (unpaired) electrons. The van der Waals surface area contributed by atoms with Gasteiger partial charge in [0.2, 0.25) is 0 Å². The molecule has 2 saturated carbocycles. The quantitative estimate of drug-likeness (QED) is 0.193. The zero-order valence-corrected chi connectivity index (χ0v) is 26.1. The average molecular weight is 554 g/mol. The largest absolute Gasteiger partial charge is 0.311 e. The summed E-state index contributed by atoms with van der Waals surface area (Å²) in [6.07, 6.45) is 28.7. The molecule has 4 rings (SSSR count). The van der Waals surface area contributed by atoms with Crippen molar-refractivity contribution >= 4 is 0 Å². The van der Waals surface area contributed by atoms with E-state index in [1.54, 1.807) is 0 Å². The van der Waals surface area contributed by atoms with Gasteiger partial charge in [-0.3, -0.25) is 4.98 Å². The predicted octanol–water partition coefficient (Wildman–Crippen LogP) is 7.32. The first-order valence-corrected chi connectivity index (χ1v) is 17.7. The van der Waals surface area contributed by atoms with Gasteiger partial charge in [0.15, 0.2) is 0 Å². The summed E-state index contributed by atoms with van der Waals surface area (Å²) in [5, 5.41) is 15.7. The number of unbranched alkanes of at least 4 members (excludes halogenated alkanes) is 11. The second-order valence-electron chi connectivity index (χ2n) is 13.3. The van der Waals surface area contributed by atoms with Gasteiger partial charge in [-0.1, -0.05) is 103 Å². The summed E-state index contributed by atoms with van der Waals surface area (Å²) in [7, 11) is 0. The minimum Gasteiger partial charge on any atom is -0.311 e. The van der Waals surface area contributed by atoms with Gasteiger partial charge in [-0.25, -0.2) is 0 Å². The van der Waals surface area contributed by atoms with Crippen molar-refractivity contribution in [3.63, 3.8) is 0 Å². The second-order valence-corrected chi connectivity index (χ2v) is 13.3. The van der Waals surface area contributed by atoms with E-state index in [0.29, 0.717) is 24.2 Å². The van der Waals surface area contributed by atoms with Crippen molar-refractivity contribution in [1.29, 1.82) is 0 Å². The topological polar surface area (TPSA) is 61.0 Å². The first-order chi connectivity index (χ1) is 19.8. The molecule has 228 valence electrons. The van der Waals surface area contributed by atoms with Crippen molar-refractivity contribution in [1.82, 2.24) is 26.3 Å². The Kier molecular flexibility index (Phi) is 15.3. The number of hydrogen-bond donors (Lipinski definition) is 4. The number of aryl methyl sites for hydroxylation is 1. The van der Waals surface area contributed by atoms with E-state index in [2.05, 4.69) is 40.3 Å². The molecule has 40 heavy (non-hydrogen) atoms. The van der Waals surface area contributed by atoms with Gasteiger partial charge in [0.25, 0.3) is 0 Å². The second kappa shape index (κ2) is 19.2. The van der Waals surface area contributed by atoms with Crippen LogP contribution in [0.1, 0.15) is 152 Å². The van der Waals surface area contributed by atoms with Gasteiger partial charge in [0.1, 0.15) is 0 Å². The molecule has 5 nitrogen and oxygen atoms in total. The Labute approximate surface area is 247 Å². The molecule has 2 bridgehead atoms. The number of nitrogens with one attached hydrogen (secondary N) is 4. The summed E-state index contributed by atoms with van der Waals surface area (Å²) in [4.78, 5) is 5.16. The van der Waals surface area contributed by atoms with Crippen molar-refractivity contribution in [2.45, 2.75) is 179 Å². The summed E-state index contributed by atoms with van der Waals surface area (Å²) in [6.45, 7) is 6.24. The Morgan fingerprint density at radius 1 is 0.550 bits per heavy atom. The maximum Gasteiger partial charge on any atom is 0.0548 e. The summed E-state index contributed by atoms with van der Waals surface area (Å²) in [5.41, 5.74) is 3.98. The molecule has 4 atom stereocenters. The lowest BCUT2D eigenvalue weighted by atomic mass is 9.89. The van der Waals surface area contributed by atoms with Crippen LogP contribution in [0, 0.1) is 0 Å². The molecule has 3 aliphatic rings. The molecule has 0 saturated heterocycles. The molecular weight excluding hydrogens is 490 g/mol. The van der Waals surface area contributed by atoms with Crippen molar-refractivity contribution in [2.75, 3.05) is 13.1 Å². The van der Waals surface area contributed by atoms with Crippen LogP contribution in [0.15, 0.2) is 12.1 Å². The summed E-state index contributed by atoms with van der Waals surface area (Å²) >= 11 is 0. The van der Waals surface area contributed by atoms with Gasteiger partial charge >= 0.3 is 0 Å². The van der Waals surface area contributed by atoms with E-state index in [4.69, 9.17) is 4.98 Å². The smallest absolute Gasteiger partial charge is 0.0548 e. The summed E-state index contributed by atoms with van der Waals surface area (Å²) < 4.78 is 0. The van der Waals surface area contributed by atoms with E-state index in [1.807, 2.05) is 0 Å². The maximum atomic E-state index is 5.16. The molecule has 5 heteroatoms. The molecule has 2 aliphatic carbocycles. The third-order valence-electron chi connectivity index (χ3n) is 9.87. The highest BCUT2D eigenvalue weighted by molar-refractivity contribution is 5.22. The highest BCUT2D eigenvalue weighted by Gasteiger charge is 2.26. The van der Waals surface area contributed by atoms with E-state index in [9.17, 15) is 0 Å². The van der Waals surface area contributed by atoms with Crippen molar-refractivity contribution in [3.8, 4) is 0 Å². The molecule has 0 amide bonds. The lowest BCUT2D eigenvalue weighted by Gasteiger charge is -2.34. The number of pyridine rings is 1. The molecule has 1 aliphatic heterocycles. The lowest BCUT2D eigenvalue weighted by molar-refractivity contribution is 0.266. The van der Waals surface area contributed by atoms with E-state index in [0.717, 1.165) is 26.2 Å². The Bertz CT molecular complexity index is 750. The highest BCUT2D eigenvalue weighted by atomic mass is 15.1. The van der Waals surface area contributed by atoms with Crippen LogP contribution >= 0.6 is 0 Å². The Hall–Kier alpha value is -1.01. The molecule has 2 fully saturated rings.